The van der Waals surface area contributed by atoms with Crippen LogP contribution in [-0.2, 0) is 34.1 Å². The number of amides is 6. The average molecular weight is 1020 g/mol. The molecule has 4 aromatic rings. The van der Waals surface area contributed by atoms with Gasteiger partial charge in [-0.2, -0.15) is 26.3 Å². The highest BCUT2D eigenvalue weighted by atomic mass is 19.4. The zero-order valence-corrected chi connectivity index (χ0v) is 40.4. The molecule has 0 unspecified atom stereocenters. The summed E-state index contributed by atoms with van der Waals surface area (Å²) in [5, 5.41) is 11.0. The molecule has 4 N–H and O–H groups in total. The predicted octanol–water partition coefficient (Wildman–Crippen LogP) is 10.3. The molecule has 4 atom stereocenters. The number of alkyl halides is 6. The number of alkyl carbamates (subject to hydrolysis) is 2. The summed E-state index contributed by atoms with van der Waals surface area (Å²) < 4.78 is 91.0. The molecule has 0 saturated carbocycles. The van der Waals surface area contributed by atoms with E-state index in [9.17, 15) is 55.1 Å². The zero-order chi connectivity index (χ0) is 52.5. The van der Waals surface area contributed by atoms with Crippen LogP contribution in [0, 0.1) is 0 Å². The Hall–Kier alpha value is -7.12. The lowest BCUT2D eigenvalue weighted by Crippen LogP contribution is -2.48. The molecule has 0 aromatic heterocycles. The van der Waals surface area contributed by atoms with Crippen LogP contribution >= 0.6 is 0 Å². The number of nitrogens with zero attached hydrogens (tertiary/aromatic N) is 2. The number of unbranched alkanes of at least 4 members (excludes halogenated alkanes) is 2. The largest absolute Gasteiger partial charge is 0.453 e. The van der Waals surface area contributed by atoms with Gasteiger partial charge in [0.15, 0.2) is 0 Å². The number of benzene rings is 4. The van der Waals surface area contributed by atoms with Crippen molar-refractivity contribution in [3.8, 4) is 11.1 Å². The van der Waals surface area contributed by atoms with Gasteiger partial charge >= 0.3 is 24.5 Å². The number of hydrogen-bond donors (Lipinski definition) is 4. The van der Waals surface area contributed by atoms with E-state index in [2.05, 4.69) is 21.3 Å². The molecule has 7 rings (SSSR count). The Morgan fingerprint density at radius 2 is 0.959 bits per heavy atom. The van der Waals surface area contributed by atoms with E-state index >= 15 is 0 Å². The molecule has 2 saturated heterocycles. The minimum atomic E-state index is -4.46. The summed E-state index contributed by atoms with van der Waals surface area (Å²) in [5.41, 5.74) is 2.66. The van der Waals surface area contributed by atoms with Gasteiger partial charge < -0.3 is 40.5 Å². The molecular weight excluding hydrogens is 963 g/mol. The fourth-order valence-corrected chi connectivity index (χ4v) is 10.4. The number of halogens is 6. The minimum absolute atomic E-state index is 0.0213. The Morgan fingerprint density at radius 3 is 1.32 bits per heavy atom. The van der Waals surface area contributed by atoms with Crippen LogP contribution in [0.25, 0.3) is 11.1 Å². The molecule has 0 spiro atoms. The van der Waals surface area contributed by atoms with Crippen LogP contribution in [0.3, 0.4) is 0 Å². The number of nitrogens with one attached hydrogen (secondary N) is 4. The second-order valence-corrected chi connectivity index (χ2v) is 18.6. The molecule has 73 heavy (non-hydrogen) atoms. The fourth-order valence-electron chi connectivity index (χ4n) is 10.4. The monoisotopic (exact) mass is 1020 g/mol. The van der Waals surface area contributed by atoms with Crippen LogP contribution in [0.2, 0.25) is 0 Å². The number of hydrogen-bond acceptors (Lipinski definition) is 8. The Balaban J connectivity index is 1.20. The molecule has 2 aliphatic heterocycles. The molecule has 2 fully saturated rings. The number of anilines is 2. The van der Waals surface area contributed by atoms with Gasteiger partial charge in [-0.25, -0.2) is 9.59 Å². The molecule has 2 heterocycles. The number of carbonyl (C=O) groups is 6. The molecule has 4 aromatic carbocycles. The van der Waals surface area contributed by atoms with Crippen molar-refractivity contribution in [2.45, 2.75) is 119 Å². The lowest BCUT2D eigenvalue weighted by molar-refractivity contribution is -0.138. The first kappa shape index (κ1) is 53.7. The van der Waals surface area contributed by atoms with Gasteiger partial charge in [0.25, 0.3) is 11.8 Å². The van der Waals surface area contributed by atoms with Gasteiger partial charge in [0.2, 0.25) is 11.8 Å². The topological polar surface area (TPSA) is 175 Å². The number of carbonyl (C=O) groups excluding carboxylic acids is 6. The Kier molecular flexibility index (Phi) is 17.0. The van der Waals surface area contributed by atoms with E-state index in [4.69, 9.17) is 9.47 Å². The van der Waals surface area contributed by atoms with Crippen molar-refractivity contribution in [3.05, 3.63) is 119 Å². The average Bonchev–Trinajstić information content (AvgIpc) is 4.13. The van der Waals surface area contributed by atoms with E-state index in [-0.39, 0.29) is 75.8 Å². The quantitative estimate of drug-likeness (QED) is 0.0563. The maximum Gasteiger partial charge on any atom is 0.407 e. The number of ether oxygens (including phenoxy) is 2. The van der Waals surface area contributed by atoms with Crippen molar-refractivity contribution in [2.24, 2.45) is 0 Å². The van der Waals surface area contributed by atoms with Crippen LogP contribution < -0.4 is 21.3 Å². The van der Waals surface area contributed by atoms with E-state index < -0.39 is 90.6 Å². The van der Waals surface area contributed by atoms with Crippen LogP contribution in [0.4, 0.5) is 47.3 Å². The Bertz CT molecular complexity index is 2460. The molecule has 390 valence electrons. The molecule has 0 radical (unpaired) electrons. The highest BCUT2D eigenvalue weighted by Gasteiger charge is 2.45. The van der Waals surface area contributed by atoms with Crippen molar-refractivity contribution >= 4 is 47.2 Å². The molecule has 20 heteroatoms. The van der Waals surface area contributed by atoms with Gasteiger partial charge in [-0.3, -0.25) is 19.2 Å². The summed E-state index contributed by atoms with van der Waals surface area (Å²) in [6.07, 6.45) is -11.6. The summed E-state index contributed by atoms with van der Waals surface area (Å²) >= 11 is 0. The predicted molar refractivity (Wildman–Crippen MR) is 258 cm³/mol. The first-order valence-electron chi connectivity index (χ1n) is 24.3. The second kappa shape index (κ2) is 23.2. The third-order valence-corrected chi connectivity index (χ3v) is 13.9. The highest BCUT2D eigenvalue weighted by molar-refractivity contribution is 6.01. The maximum absolute atomic E-state index is 14.2. The molecule has 0 bridgehead atoms. The SMILES string of the molecule is COC(=O)N[C@H](C(=O)N1CCC[C@@H]1C(=O)Nc1ccc2c(c1)C(CCCCC(F)(F)F)(CCCCC(F)(F)F)c1cc(NC(=O)[C@@H]3CCCN3C(=O)[C@H](NC(=O)OC)c3ccccc3)ccc1-2)c1ccccc1. The fraction of sp³-hybridized carbons (Fsp3) is 0.434. The molecule has 1 aliphatic carbocycles. The van der Waals surface area contributed by atoms with E-state index in [0.29, 0.717) is 46.2 Å². The number of fused-ring (bicyclic) bond motifs is 3. The van der Waals surface area contributed by atoms with Gasteiger partial charge in [0.05, 0.1) is 14.2 Å². The number of rotatable bonds is 18. The first-order valence-corrected chi connectivity index (χ1v) is 24.3. The number of methoxy groups -OCH3 is 2. The third kappa shape index (κ3) is 12.9. The van der Waals surface area contributed by atoms with Gasteiger partial charge in [0, 0.05) is 42.7 Å². The zero-order valence-electron chi connectivity index (χ0n) is 40.4. The van der Waals surface area contributed by atoms with Gasteiger partial charge in [0.1, 0.15) is 24.2 Å². The van der Waals surface area contributed by atoms with E-state index in [1.807, 2.05) is 0 Å². The van der Waals surface area contributed by atoms with Crippen LogP contribution in [0.1, 0.15) is 111 Å². The lowest BCUT2D eigenvalue weighted by Gasteiger charge is -2.34. The van der Waals surface area contributed by atoms with Crippen molar-refractivity contribution in [1.29, 1.82) is 0 Å². The molecule has 14 nitrogen and oxygen atoms in total. The van der Waals surface area contributed by atoms with Crippen molar-refractivity contribution in [3.63, 3.8) is 0 Å². The number of likely N-dealkylation sites (tertiary alicyclic amines) is 2. The summed E-state index contributed by atoms with van der Waals surface area (Å²) in [6, 6.07) is 22.7. The smallest absolute Gasteiger partial charge is 0.407 e. The summed E-state index contributed by atoms with van der Waals surface area (Å²) in [4.78, 5) is 84.2. The van der Waals surface area contributed by atoms with Crippen molar-refractivity contribution < 1.29 is 64.6 Å². The normalized spacial score (nSPS) is 17.7. The maximum atomic E-state index is 14.2. The van der Waals surface area contributed by atoms with Crippen molar-refractivity contribution in [1.82, 2.24) is 20.4 Å². The van der Waals surface area contributed by atoms with Crippen LogP contribution in [-0.4, -0.2) is 97.4 Å². The first-order chi connectivity index (χ1) is 34.8. The second-order valence-electron chi connectivity index (χ2n) is 18.6. The van der Waals surface area contributed by atoms with E-state index in [1.54, 1.807) is 97.1 Å². The van der Waals surface area contributed by atoms with E-state index in [0.717, 1.165) is 14.2 Å². The lowest BCUT2D eigenvalue weighted by atomic mass is 9.70. The van der Waals surface area contributed by atoms with Gasteiger partial charge in [-0.05, 0) is 109 Å². The van der Waals surface area contributed by atoms with Crippen molar-refractivity contribution in [2.75, 3.05) is 37.9 Å². The Morgan fingerprint density at radius 1 is 0.575 bits per heavy atom. The van der Waals surface area contributed by atoms with Crippen LogP contribution in [0.15, 0.2) is 97.1 Å². The third-order valence-electron chi connectivity index (χ3n) is 13.9. The summed E-state index contributed by atoms with van der Waals surface area (Å²) in [6.45, 7) is 0.409. The molecule has 3 aliphatic rings. The van der Waals surface area contributed by atoms with E-state index in [1.165, 1.54) is 9.80 Å². The Labute approximate surface area is 418 Å². The molecule has 6 amide bonds. The highest BCUT2D eigenvalue weighted by Crippen LogP contribution is 2.56. The summed E-state index contributed by atoms with van der Waals surface area (Å²) in [5.74, 6) is -2.18. The minimum Gasteiger partial charge on any atom is -0.453 e. The molecular formula is C53H58F6N6O8. The van der Waals surface area contributed by atoms with Gasteiger partial charge in [-0.15, -0.1) is 0 Å². The standard InChI is InChI=1S/C53H58F6N6O8/c1-72-49(70)62-43(33-15-5-3-6-16-33)47(68)64-29-13-19-41(64)45(66)60-35-21-23-37-38-24-22-36(32-40(38)51(39(37)31-35,25-9-11-27-52(54,55)56)26-10-12-28-53(57,58)59)61-46(67)42-20-14-30-65(42)48(69)44(63-50(71)73-2)34-17-7-4-8-18-34/h3-8,15-18,21-24,31-32,41-44H,9-14,19-20,25-30H2,1-2H3,(H,60,66)(H,61,67)(H,62,70)(H,63,71)/t41-,42+,43+,44-. The summed E-state index contributed by atoms with van der Waals surface area (Å²) in [7, 11) is 2.32. The van der Waals surface area contributed by atoms with Gasteiger partial charge in [-0.1, -0.05) is 85.6 Å². The van der Waals surface area contributed by atoms with Crippen LogP contribution in [0.5, 0.6) is 0 Å².